The summed E-state index contributed by atoms with van der Waals surface area (Å²) in [6.45, 7) is 2.12. The summed E-state index contributed by atoms with van der Waals surface area (Å²) in [5.41, 5.74) is 5.98. The van der Waals surface area contributed by atoms with Crippen LogP contribution in [0.5, 0.6) is 0 Å². The van der Waals surface area contributed by atoms with Gasteiger partial charge < -0.3 is 15.8 Å². The predicted molar refractivity (Wildman–Crippen MR) is 87.2 cm³/mol. The molecule has 0 spiro atoms. The Bertz CT molecular complexity index is 545. The van der Waals surface area contributed by atoms with Gasteiger partial charge in [-0.05, 0) is 37.5 Å². The number of carbonyl (C=O) groups is 1. The summed E-state index contributed by atoms with van der Waals surface area (Å²) >= 11 is 11.7. The van der Waals surface area contributed by atoms with E-state index in [4.69, 9.17) is 33.7 Å². The summed E-state index contributed by atoms with van der Waals surface area (Å²) in [6, 6.07) is 2.11. The molecule has 1 amide bonds. The van der Waals surface area contributed by atoms with Crippen molar-refractivity contribution in [2.75, 3.05) is 6.54 Å². The fourth-order valence-electron chi connectivity index (χ4n) is 2.33. The molecule has 0 radical (unpaired) electrons. The van der Waals surface area contributed by atoms with Crippen LogP contribution in [0.15, 0.2) is 12.1 Å². The third-order valence-corrected chi connectivity index (χ3v) is 4.14. The van der Waals surface area contributed by atoms with Gasteiger partial charge in [-0.2, -0.15) is 0 Å². The van der Waals surface area contributed by atoms with E-state index in [1.807, 2.05) is 0 Å². The summed E-state index contributed by atoms with van der Waals surface area (Å²) in [5.74, 6) is -0.817. The van der Waals surface area contributed by atoms with Crippen LogP contribution < -0.4 is 11.1 Å². The van der Waals surface area contributed by atoms with Gasteiger partial charge in [-0.25, -0.2) is 4.39 Å². The first kappa shape index (κ1) is 19.5. The summed E-state index contributed by atoms with van der Waals surface area (Å²) in [7, 11) is 0. The fourth-order valence-corrected chi connectivity index (χ4v) is 2.87. The second-order valence-electron chi connectivity index (χ2n) is 5.08. The lowest BCUT2D eigenvalue weighted by Crippen LogP contribution is -2.37. The Morgan fingerprint density at radius 2 is 2.14 bits per heavy atom. The smallest absolute Gasteiger partial charge is 0.249 e. The molecule has 1 aliphatic rings. The van der Waals surface area contributed by atoms with Crippen molar-refractivity contribution >= 4 is 41.5 Å². The van der Waals surface area contributed by atoms with Crippen LogP contribution in [0.1, 0.15) is 31.4 Å². The van der Waals surface area contributed by atoms with E-state index in [9.17, 15) is 9.18 Å². The molecule has 1 aromatic rings. The molecular formula is C14H18Cl3FN2O2. The van der Waals surface area contributed by atoms with Crippen LogP contribution in [0.3, 0.4) is 0 Å². The van der Waals surface area contributed by atoms with Crippen molar-refractivity contribution in [1.29, 1.82) is 0 Å². The molecule has 1 fully saturated rings. The average molecular weight is 372 g/mol. The molecule has 2 rings (SSSR count). The number of benzene rings is 1. The summed E-state index contributed by atoms with van der Waals surface area (Å²) in [6.07, 6.45) is 0.798. The quantitative estimate of drug-likeness (QED) is 0.799. The van der Waals surface area contributed by atoms with Crippen molar-refractivity contribution in [3.8, 4) is 0 Å². The van der Waals surface area contributed by atoms with E-state index in [1.165, 1.54) is 12.1 Å². The normalized spacial score (nSPS) is 22.0. The van der Waals surface area contributed by atoms with Crippen molar-refractivity contribution < 1.29 is 13.9 Å². The Labute approximate surface area is 144 Å². The lowest BCUT2D eigenvalue weighted by molar-refractivity contribution is -0.132. The minimum Gasteiger partial charge on any atom is -0.364 e. The molecule has 1 aliphatic heterocycles. The standard InChI is InChI=1S/C14H17Cl2FN2O2.ClH/c1-7(9-4-12(17)11(16)5-10(9)15)19-14(20)13-3-2-8(6-18)21-13;/h4-5,7-8,13H,2-3,6,18H2,1H3,(H,19,20);1H/t7?,8-,13+;/m1./s1. The minimum absolute atomic E-state index is 0. The highest BCUT2D eigenvalue weighted by Crippen LogP contribution is 2.29. The molecule has 0 aliphatic carbocycles. The Hall–Kier alpha value is -0.590. The zero-order valence-electron chi connectivity index (χ0n) is 11.9. The van der Waals surface area contributed by atoms with Crippen LogP contribution in [0.25, 0.3) is 0 Å². The largest absolute Gasteiger partial charge is 0.364 e. The summed E-state index contributed by atoms with van der Waals surface area (Å²) < 4.78 is 19.0. The van der Waals surface area contributed by atoms with Crippen LogP contribution in [0, 0.1) is 5.82 Å². The molecule has 0 saturated carbocycles. The molecule has 22 heavy (non-hydrogen) atoms. The number of ether oxygens (including phenoxy) is 1. The van der Waals surface area contributed by atoms with E-state index in [0.29, 0.717) is 23.6 Å². The van der Waals surface area contributed by atoms with E-state index < -0.39 is 18.0 Å². The Morgan fingerprint density at radius 3 is 2.73 bits per heavy atom. The molecule has 1 aromatic carbocycles. The topological polar surface area (TPSA) is 64.4 Å². The highest BCUT2D eigenvalue weighted by molar-refractivity contribution is 6.35. The molecule has 1 heterocycles. The number of carbonyl (C=O) groups excluding carboxylic acids is 1. The van der Waals surface area contributed by atoms with Gasteiger partial charge in [0.2, 0.25) is 5.91 Å². The molecule has 124 valence electrons. The number of hydrogen-bond donors (Lipinski definition) is 2. The lowest BCUT2D eigenvalue weighted by Gasteiger charge is -2.19. The Kier molecular flexibility index (Phi) is 7.35. The molecule has 0 bridgehead atoms. The zero-order valence-corrected chi connectivity index (χ0v) is 14.3. The first-order valence-corrected chi connectivity index (χ1v) is 7.48. The first-order valence-electron chi connectivity index (χ1n) is 6.72. The van der Waals surface area contributed by atoms with Gasteiger partial charge in [0.15, 0.2) is 0 Å². The Morgan fingerprint density at radius 1 is 1.45 bits per heavy atom. The highest BCUT2D eigenvalue weighted by Gasteiger charge is 2.30. The van der Waals surface area contributed by atoms with E-state index in [2.05, 4.69) is 5.32 Å². The highest BCUT2D eigenvalue weighted by atomic mass is 35.5. The monoisotopic (exact) mass is 370 g/mol. The number of halogens is 4. The Balaban J connectivity index is 0.00000242. The van der Waals surface area contributed by atoms with Gasteiger partial charge in [-0.1, -0.05) is 23.2 Å². The van der Waals surface area contributed by atoms with E-state index >= 15 is 0 Å². The van der Waals surface area contributed by atoms with Crippen LogP contribution >= 0.6 is 35.6 Å². The second kappa shape index (κ2) is 8.31. The van der Waals surface area contributed by atoms with E-state index in [1.54, 1.807) is 6.92 Å². The minimum atomic E-state index is -0.572. The van der Waals surface area contributed by atoms with Crippen molar-refractivity contribution in [1.82, 2.24) is 5.32 Å². The maximum Gasteiger partial charge on any atom is 0.249 e. The molecule has 8 heteroatoms. The van der Waals surface area contributed by atoms with Gasteiger partial charge in [0.25, 0.3) is 0 Å². The van der Waals surface area contributed by atoms with Gasteiger partial charge >= 0.3 is 0 Å². The maximum atomic E-state index is 13.5. The zero-order chi connectivity index (χ0) is 15.6. The van der Waals surface area contributed by atoms with Crippen molar-refractivity contribution in [3.05, 3.63) is 33.6 Å². The fraction of sp³-hybridized carbons (Fsp3) is 0.500. The average Bonchev–Trinajstić information content (AvgIpc) is 2.91. The molecule has 0 aromatic heterocycles. The van der Waals surface area contributed by atoms with Gasteiger partial charge in [-0.3, -0.25) is 4.79 Å². The van der Waals surface area contributed by atoms with Crippen LogP contribution in [-0.2, 0) is 9.53 Å². The van der Waals surface area contributed by atoms with Gasteiger partial charge in [0, 0.05) is 11.6 Å². The van der Waals surface area contributed by atoms with Gasteiger partial charge in [-0.15, -0.1) is 12.4 Å². The van der Waals surface area contributed by atoms with E-state index in [-0.39, 0.29) is 29.4 Å². The lowest BCUT2D eigenvalue weighted by atomic mass is 10.1. The predicted octanol–water partition coefficient (Wildman–Crippen LogP) is 3.24. The van der Waals surface area contributed by atoms with Gasteiger partial charge in [0.1, 0.15) is 11.9 Å². The molecule has 4 nitrogen and oxygen atoms in total. The van der Waals surface area contributed by atoms with Crippen LogP contribution in [-0.4, -0.2) is 24.7 Å². The molecule has 3 N–H and O–H groups in total. The molecule has 1 unspecified atom stereocenters. The first-order chi connectivity index (χ1) is 9.92. The number of rotatable bonds is 4. The third-order valence-electron chi connectivity index (χ3n) is 3.53. The van der Waals surface area contributed by atoms with Crippen LogP contribution in [0.2, 0.25) is 10.0 Å². The van der Waals surface area contributed by atoms with Crippen molar-refractivity contribution in [3.63, 3.8) is 0 Å². The maximum absolute atomic E-state index is 13.5. The second-order valence-corrected chi connectivity index (χ2v) is 5.89. The number of nitrogens with one attached hydrogen (secondary N) is 1. The number of amides is 1. The third kappa shape index (κ3) is 4.46. The summed E-state index contributed by atoms with van der Waals surface area (Å²) in [5, 5.41) is 3.03. The molecule has 1 saturated heterocycles. The summed E-state index contributed by atoms with van der Waals surface area (Å²) in [4.78, 5) is 12.1. The molecule has 3 atom stereocenters. The van der Waals surface area contributed by atoms with E-state index in [0.717, 1.165) is 6.42 Å². The number of hydrogen-bond acceptors (Lipinski definition) is 3. The molecular weight excluding hydrogens is 354 g/mol. The van der Waals surface area contributed by atoms with Crippen molar-refractivity contribution in [2.45, 2.75) is 38.0 Å². The SMILES string of the molecule is CC(NC(=O)[C@@H]1CC[C@H](CN)O1)c1cc(F)c(Cl)cc1Cl.Cl. The van der Waals surface area contributed by atoms with Gasteiger partial charge in [0.05, 0.1) is 17.2 Å². The number of nitrogens with two attached hydrogens (primary N) is 1. The van der Waals surface area contributed by atoms with Crippen molar-refractivity contribution in [2.24, 2.45) is 5.73 Å². The van der Waals surface area contributed by atoms with Crippen LogP contribution in [0.4, 0.5) is 4.39 Å².